The molecule has 76 valence electrons. The maximum absolute atomic E-state index is 9.98. The molecule has 1 atom stereocenters. The molecule has 0 aromatic heterocycles. The van der Waals surface area contributed by atoms with Crippen molar-refractivity contribution in [3.8, 4) is 0 Å². The molecular formula is C12H16O2. The lowest BCUT2D eigenvalue weighted by molar-refractivity contribution is -0.180. The Morgan fingerprint density at radius 1 is 1.43 bits per heavy atom. The molecule has 2 heteroatoms. The summed E-state index contributed by atoms with van der Waals surface area (Å²) in [6.45, 7) is 3.60. The van der Waals surface area contributed by atoms with Gasteiger partial charge < -0.3 is 9.84 Å². The Bertz CT molecular complexity index is 282. The number of ether oxygens (including phenoxy) is 1. The summed E-state index contributed by atoms with van der Waals surface area (Å²) in [5.41, 5.74) is 1.05. The van der Waals surface area contributed by atoms with Gasteiger partial charge in [0.05, 0.1) is 0 Å². The average molecular weight is 192 g/mol. The average Bonchev–Trinajstić information content (AvgIpc) is 2.20. The molecule has 0 fully saturated rings. The van der Waals surface area contributed by atoms with E-state index in [9.17, 15) is 5.11 Å². The van der Waals surface area contributed by atoms with Crippen molar-refractivity contribution in [2.45, 2.75) is 18.6 Å². The van der Waals surface area contributed by atoms with Crippen LogP contribution in [-0.2, 0) is 11.2 Å². The number of hydrogen-bond donors (Lipinski definition) is 1. The number of rotatable bonds is 5. The second-order valence-corrected chi connectivity index (χ2v) is 3.31. The highest BCUT2D eigenvalue weighted by molar-refractivity contribution is 5.16. The van der Waals surface area contributed by atoms with Gasteiger partial charge in [-0.05, 0) is 5.56 Å². The zero-order valence-corrected chi connectivity index (χ0v) is 8.44. The van der Waals surface area contributed by atoms with E-state index in [1.54, 1.807) is 6.08 Å². The van der Waals surface area contributed by atoms with Crippen LogP contribution in [0.25, 0.3) is 0 Å². The molecule has 0 aliphatic rings. The van der Waals surface area contributed by atoms with E-state index in [-0.39, 0.29) is 0 Å². The predicted octanol–water partition coefficient (Wildman–Crippen LogP) is 2.14. The summed E-state index contributed by atoms with van der Waals surface area (Å²) in [6, 6.07) is 9.77. The first kappa shape index (κ1) is 11.0. The van der Waals surface area contributed by atoms with E-state index in [0.29, 0.717) is 12.8 Å². The fourth-order valence-electron chi connectivity index (χ4n) is 1.37. The molecule has 2 nitrogen and oxygen atoms in total. The third kappa shape index (κ3) is 2.98. The summed E-state index contributed by atoms with van der Waals surface area (Å²) < 4.78 is 5.07. The van der Waals surface area contributed by atoms with Crippen LogP contribution in [0.2, 0.25) is 0 Å². The predicted molar refractivity (Wildman–Crippen MR) is 56.9 cm³/mol. The number of benzene rings is 1. The van der Waals surface area contributed by atoms with Gasteiger partial charge in [0.25, 0.3) is 0 Å². The van der Waals surface area contributed by atoms with Crippen molar-refractivity contribution in [2.75, 3.05) is 7.11 Å². The summed E-state index contributed by atoms with van der Waals surface area (Å²) in [6.07, 6.45) is 2.57. The minimum atomic E-state index is -1.12. The summed E-state index contributed by atoms with van der Waals surface area (Å²) in [4.78, 5) is 0. The SMILES string of the molecule is C=CCC(O)(Cc1ccccc1)OC. The van der Waals surface area contributed by atoms with Crippen molar-refractivity contribution in [3.63, 3.8) is 0 Å². The molecule has 0 saturated heterocycles. The van der Waals surface area contributed by atoms with Gasteiger partial charge in [-0.3, -0.25) is 0 Å². The highest BCUT2D eigenvalue weighted by Gasteiger charge is 2.24. The van der Waals surface area contributed by atoms with Gasteiger partial charge >= 0.3 is 0 Å². The van der Waals surface area contributed by atoms with Crippen molar-refractivity contribution in [1.82, 2.24) is 0 Å². The van der Waals surface area contributed by atoms with Crippen LogP contribution in [0.4, 0.5) is 0 Å². The molecule has 0 radical (unpaired) electrons. The van der Waals surface area contributed by atoms with E-state index in [1.807, 2.05) is 30.3 Å². The fourth-order valence-corrected chi connectivity index (χ4v) is 1.37. The molecule has 0 heterocycles. The van der Waals surface area contributed by atoms with Crippen LogP contribution in [0.1, 0.15) is 12.0 Å². The van der Waals surface area contributed by atoms with E-state index in [2.05, 4.69) is 6.58 Å². The Balaban J connectivity index is 2.70. The van der Waals surface area contributed by atoms with Crippen LogP contribution in [0, 0.1) is 0 Å². The van der Waals surface area contributed by atoms with Crippen LogP contribution in [-0.4, -0.2) is 18.0 Å². The van der Waals surface area contributed by atoms with Gasteiger partial charge in [-0.15, -0.1) is 6.58 Å². The van der Waals surface area contributed by atoms with Crippen molar-refractivity contribution >= 4 is 0 Å². The summed E-state index contributed by atoms with van der Waals surface area (Å²) >= 11 is 0. The van der Waals surface area contributed by atoms with Crippen molar-refractivity contribution in [1.29, 1.82) is 0 Å². The van der Waals surface area contributed by atoms with Gasteiger partial charge in [0, 0.05) is 20.0 Å². The molecule has 0 amide bonds. The number of aliphatic hydroxyl groups is 1. The lowest BCUT2D eigenvalue weighted by atomic mass is 10.0. The van der Waals surface area contributed by atoms with E-state index in [4.69, 9.17) is 4.74 Å². The molecule has 0 aliphatic carbocycles. The molecule has 1 N–H and O–H groups in total. The van der Waals surface area contributed by atoms with Crippen LogP contribution >= 0.6 is 0 Å². The standard InChI is InChI=1S/C12H16O2/c1-3-9-12(13,14-2)10-11-7-5-4-6-8-11/h3-8,13H,1,9-10H2,2H3. The highest BCUT2D eigenvalue weighted by Crippen LogP contribution is 2.18. The van der Waals surface area contributed by atoms with E-state index in [0.717, 1.165) is 5.56 Å². The molecule has 1 aromatic carbocycles. The molecule has 1 unspecified atom stereocenters. The number of hydrogen-bond acceptors (Lipinski definition) is 2. The quantitative estimate of drug-likeness (QED) is 0.572. The second-order valence-electron chi connectivity index (χ2n) is 3.31. The molecule has 0 saturated carbocycles. The zero-order chi connectivity index (χ0) is 10.4. The van der Waals surface area contributed by atoms with Gasteiger partial charge in [-0.2, -0.15) is 0 Å². The van der Waals surface area contributed by atoms with Crippen molar-refractivity contribution in [3.05, 3.63) is 48.6 Å². The topological polar surface area (TPSA) is 29.5 Å². The van der Waals surface area contributed by atoms with Gasteiger partial charge in [0.15, 0.2) is 5.79 Å². The Morgan fingerprint density at radius 3 is 2.57 bits per heavy atom. The van der Waals surface area contributed by atoms with Crippen LogP contribution < -0.4 is 0 Å². The van der Waals surface area contributed by atoms with E-state index < -0.39 is 5.79 Å². The van der Waals surface area contributed by atoms with E-state index in [1.165, 1.54) is 7.11 Å². The third-order valence-electron chi connectivity index (χ3n) is 2.17. The van der Waals surface area contributed by atoms with Crippen molar-refractivity contribution in [2.24, 2.45) is 0 Å². The monoisotopic (exact) mass is 192 g/mol. The Hall–Kier alpha value is -1.12. The minimum Gasteiger partial charge on any atom is -0.365 e. The first-order chi connectivity index (χ1) is 6.70. The van der Waals surface area contributed by atoms with Gasteiger partial charge in [-0.25, -0.2) is 0 Å². The normalized spacial score (nSPS) is 14.7. The smallest absolute Gasteiger partial charge is 0.172 e. The molecule has 14 heavy (non-hydrogen) atoms. The molecule has 1 rings (SSSR count). The van der Waals surface area contributed by atoms with Gasteiger partial charge in [0.2, 0.25) is 0 Å². The molecule has 0 spiro atoms. The lowest BCUT2D eigenvalue weighted by Gasteiger charge is -2.25. The van der Waals surface area contributed by atoms with Crippen LogP contribution in [0.5, 0.6) is 0 Å². The maximum Gasteiger partial charge on any atom is 0.172 e. The third-order valence-corrected chi connectivity index (χ3v) is 2.17. The summed E-state index contributed by atoms with van der Waals surface area (Å²) in [5.74, 6) is -1.12. The molecule has 0 bridgehead atoms. The van der Waals surface area contributed by atoms with Crippen molar-refractivity contribution < 1.29 is 9.84 Å². The van der Waals surface area contributed by atoms with Gasteiger partial charge in [-0.1, -0.05) is 36.4 Å². The Labute approximate surface area is 84.8 Å². The number of methoxy groups -OCH3 is 1. The minimum absolute atomic E-state index is 0.429. The molecular weight excluding hydrogens is 176 g/mol. The Morgan fingerprint density at radius 2 is 2.07 bits per heavy atom. The van der Waals surface area contributed by atoms with Crippen LogP contribution in [0.15, 0.2) is 43.0 Å². The first-order valence-electron chi connectivity index (χ1n) is 4.62. The summed E-state index contributed by atoms with van der Waals surface area (Å²) in [7, 11) is 1.51. The van der Waals surface area contributed by atoms with E-state index >= 15 is 0 Å². The van der Waals surface area contributed by atoms with Crippen LogP contribution in [0.3, 0.4) is 0 Å². The van der Waals surface area contributed by atoms with Gasteiger partial charge in [0.1, 0.15) is 0 Å². The highest BCUT2D eigenvalue weighted by atomic mass is 16.6. The largest absolute Gasteiger partial charge is 0.365 e. The summed E-state index contributed by atoms with van der Waals surface area (Å²) in [5, 5.41) is 9.98. The molecule has 0 aliphatic heterocycles. The zero-order valence-electron chi connectivity index (χ0n) is 8.44. The Kier molecular flexibility index (Phi) is 3.86. The lowest BCUT2D eigenvalue weighted by Crippen LogP contribution is -2.32. The maximum atomic E-state index is 9.98. The molecule has 1 aromatic rings. The first-order valence-corrected chi connectivity index (χ1v) is 4.62. The fraction of sp³-hybridized carbons (Fsp3) is 0.333. The second kappa shape index (κ2) is 4.94.